The summed E-state index contributed by atoms with van der Waals surface area (Å²) in [6, 6.07) is 7.25. The van der Waals surface area contributed by atoms with E-state index >= 15 is 0 Å². The number of nitrogens with one attached hydrogen (secondary N) is 2. The van der Waals surface area contributed by atoms with E-state index in [4.69, 9.17) is 13.9 Å². The number of anilines is 1. The molecule has 0 saturated carbocycles. The number of hydrogen-bond acceptors (Lipinski definition) is 8. The number of H-pyrrole nitrogens is 1. The Kier molecular flexibility index (Phi) is 5.63. The van der Waals surface area contributed by atoms with Crippen molar-refractivity contribution >= 4 is 39.8 Å². The molecule has 3 aromatic heterocycles. The molecule has 0 spiro atoms. The summed E-state index contributed by atoms with van der Waals surface area (Å²) in [5.74, 6) is -1.06. The summed E-state index contributed by atoms with van der Waals surface area (Å²) in [6.07, 6.45) is 1.59. The van der Waals surface area contributed by atoms with E-state index in [0.29, 0.717) is 22.3 Å². The van der Waals surface area contributed by atoms with Gasteiger partial charge in [0.05, 0.1) is 19.0 Å². The molecule has 0 bridgehead atoms. The molecule has 10 heteroatoms. The van der Waals surface area contributed by atoms with Crippen molar-refractivity contribution in [3.05, 3.63) is 48.2 Å². The van der Waals surface area contributed by atoms with Crippen molar-refractivity contribution in [3.8, 4) is 0 Å². The van der Waals surface area contributed by atoms with Gasteiger partial charge in [-0.1, -0.05) is 18.2 Å². The smallest absolute Gasteiger partial charge is 0.375 e. The van der Waals surface area contributed by atoms with Gasteiger partial charge in [0.15, 0.2) is 17.6 Å². The number of carbonyl (C=O) groups is 2. The maximum atomic E-state index is 12.8. The molecule has 4 aromatic rings. The molecule has 3 heterocycles. The molecule has 2 N–H and O–H groups in total. The molecular formula is C21H21N5O5. The second kappa shape index (κ2) is 8.52. The van der Waals surface area contributed by atoms with Crippen molar-refractivity contribution < 1.29 is 23.5 Å². The number of para-hydroxylation sites is 1. The molecule has 1 atom stereocenters. The second-order valence-corrected chi connectivity index (χ2v) is 7.13. The van der Waals surface area contributed by atoms with E-state index < -0.39 is 18.0 Å². The molecule has 160 valence electrons. The minimum absolute atomic E-state index is 0.0134. The number of aromatic amines is 1. The van der Waals surface area contributed by atoms with E-state index in [0.717, 1.165) is 5.39 Å². The largest absolute Gasteiger partial charge is 0.449 e. The SMILES string of the molecule is CC(C)OCc1c(C(=O)OC(C)C(=O)Nc2ncnc3nc[nH]c23)oc2ccccc12. The molecule has 0 aliphatic heterocycles. The highest BCUT2D eigenvalue weighted by atomic mass is 16.6. The van der Waals surface area contributed by atoms with Crippen molar-refractivity contribution in [2.24, 2.45) is 0 Å². The van der Waals surface area contributed by atoms with Crippen molar-refractivity contribution in [3.63, 3.8) is 0 Å². The molecule has 31 heavy (non-hydrogen) atoms. The Bertz CT molecular complexity index is 1250. The Morgan fingerprint density at radius 1 is 1.16 bits per heavy atom. The summed E-state index contributed by atoms with van der Waals surface area (Å²) < 4.78 is 16.8. The minimum Gasteiger partial charge on any atom is -0.449 e. The van der Waals surface area contributed by atoms with Gasteiger partial charge in [-0.2, -0.15) is 0 Å². The molecular weight excluding hydrogens is 402 g/mol. The number of ether oxygens (including phenoxy) is 2. The van der Waals surface area contributed by atoms with E-state index in [1.165, 1.54) is 19.6 Å². The van der Waals surface area contributed by atoms with Crippen LogP contribution < -0.4 is 5.32 Å². The quantitative estimate of drug-likeness (QED) is 0.433. The van der Waals surface area contributed by atoms with Crippen LogP contribution in [0.25, 0.3) is 22.1 Å². The molecule has 1 amide bonds. The average Bonchev–Trinajstić information content (AvgIpc) is 3.37. The predicted molar refractivity (Wildman–Crippen MR) is 111 cm³/mol. The summed E-state index contributed by atoms with van der Waals surface area (Å²) in [4.78, 5) is 40.3. The molecule has 0 aliphatic rings. The van der Waals surface area contributed by atoms with Crippen LogP contribution in [-0.4, -0.2) is 44.0 Å². The lowest BCUT2D eigenvalue weighted by atomic mass is 10.1. The number of hydrogen-bond donors (Lipinski definition) is 2. The van der Waals surface area contributed by atoms with E-state index in [9.17, 15) is 9.59 Å². The van der Waals surface area contributed by atoms with Crippen LogP contribution in [0.1, 0.15) is 36.9 Å². The maximum Gasteiger partial charge on any atom is 0.375 e. The fourth-order valence-corrected chi connectivity index (χ4v) is 3.00. The van der Waals surface area contributed by atoms with Crippen LogP contribution in [0, 0.1) is 0 Å². The van der Waals surface area contributed by atoms with Gasteiger partial charge in [0, 0.05) is 10.9 Å². The van der Waals surface area contributed by atoms with Gasteiger partial charge in [0.25, 0.3) is 5.91 Å². The highest BCUT2D eigenvalue weighted by Crippen LogP contribution is 2.28. The van der Waals surface area contributed by atoms with Crippen LogP contribution >= 0.6 is 0 Å². The molecule has 0 saturated heterocycles. The molecule has 1 aromatic carbocycles. The van der Waals surface area contributed by atoms with E-state index in [1.54, 1.807) is 6.07 Å². The Morgan fingerprint density at radius 3 is 2.77 bits per heavy atom. The highest BCUT2D eigenvalue weighted by Gasteiger charge is 2.26. The van der Waals surface area contributed by atoms with Crippen LogP contribution in [-0.2, 0) is 20.9 Å². The normalized spacial score (nSPS) is 12.4. The molecule has 1 unspecified atom stereocenters. The Morgan fingerprint density at radius 2 is 1.97 bits per heavy atom. The third kappa shape index (κ3) is 4.24. The number of rotatable bonds is 7. The first-order valence-corrected chi connectivity index (χ1v) is 9.72. The van der Waals surface area contributed by atoms with E-state index in [-0.39, 0.29) is 24.3 Å². The van der Waals surface area contributed by atoms with Crippen molar-refractivity contribution in [1.82, 2.24) is 19.9 Å². The first-order chi connectivity index (χ1) is 14.9. The van der Waals surface area contributed by atoms with Crippen molar-refractivity contribution in [2.75, 3.05) is 5.32 Å². The van der Waals surface area contributed by atoms with Crippen LogP contribution in [0.4, 0.5) is 5.82 Å². The topological polar surface area (TPSA) is 132 Å². The van der Waals surface area contributed by atoms with Gasteiger partial charge in [0.1, 0.15) is 17.4 Å². The van der Waals surface area contributed by atoms with Gasteiger partial charge < -0.3 is 24.2 Å². The van der Waals surface area contributed by atoms with Gasteiger partial charge in [-0.05, 0) is 26.8 Å². The number of aromatic nitrogens is 4. The monoisotopic (exact) mass is 423 g/mol. The number of imidazole rings is 1. The molecule has 10 nitrogen and oxygen atoms in total. The minimum atomic E-state index is -1.10. The van der Waals surface area contributed by atoms with Crippen LogP contribution in [0.2, 0.25) is 0 Å². The van der Waals surface area contributed by atoms with Gasteiger partial charge in [-0.15, -0.1) is 0 Å². The number of furan rings is 1. The lowest BCUT2D eigenvalue weighted by Gasteiger charge is -2.13. The number of esters is 1. The lowest BCUT2D eigenvalue weighted by molar-refractivity contribution is -0.123. The maximum absolute atomic E-state index is 12.8. The van der Waals surface area contributed by atoms with Crippen LogP contribution in [0.3, 0.4) is 0 Å². The molecule has 0 fully saturated rings. The van der Waals surface area contributed by atoms with Crippen molar-refractivity contribution in [2.45, 2.75) is 39.6 Å². The summed E-state index contributed by atoms with van der Waals surface area (Å²) in [5.41, 5.74) is 2.00. The van der Waals surface area contributed by atoms with Gasteiger partial charge in [0.2, 0.25) is 5.76 Å². The van der Waals surface area contributed by atoms with Crippen LogP contribution in [0.15, 0.2) is 41.3 Å². The Hall–Kier alpha value is -3.79. The van der Waals surface area contributed by atoms with Gasteiger partial charge >= 0.3 is 5.97 Å². The standard InChI is InChI=1S/C21H21N5O5/c1-11(2)29-8-14-13-6-4-5-7-15(13)31-17(14)21(28)30-12(3)20(27)26-19-16-18(23-9-22-16)24-10-25-19/h4-7,9-12H,8H2,1-3H3,(H2,22,23,24,25,26,27). The fourth-order valence-electron chi connectivity index (χ4n) is 3.00. The van der Waals surface area contributed by atoms with Crippen molar-refractivity contribution in [1.29, 1.82) is 0 Å². The first kappa shape index (κ1) is 20.5. The number of fused-ring (bicyclic) bond motifs is 2. The number of amides is 1. The second-order valence-electron chi connectivity index (χ2n) is 7.13. The first-order valence-electron chi connectivity index (χ1n) is 9.72. The zero-order valence-corrected chi connectivity index (χ0v) is 17.2. The summed E-state index contributed by atoms with van der Waals surface area (Å²) in [7, 11) is 0. The third-order valence-electron chi connectivity index (χ3n) is 4.56. The van der Waals surface area contributed by atoms with Gasteiger partial charge in [-0.3, -0.25) is 4.79 Å². The number of carbonyl (C=O) groups excluding carboxylic acids is 2. The Balaban J connectivity index is 1.52. The fraction of sp³-hybridized carbons (Fsp3) is 0.286. The summed E-state index contributed by atoms with van der Waals surface area (Å²) in [5, 5.41) is 3.37. The van der Waals surface area contributed by atoms with Crippen LogP contribution in [0.5, 0.6) is 0 Å². The molecule has 4 rings (SSSR count). The zero-order valence-electron chi connectivity index (χ0n) is 17.2. The van der Waals surface area contributed by atoms with Gasteiger partial charge in [-0.25, -0.2) is 19.7 Å². The molecule has 0 aliphatic carbocycles. The van der Waals surface area contributed by atoms with E-state index in [2.05, 4.69) is 25.3 Å². The summed E-state index contributed by atoms with van der Waals surface area (Å²) >= 11 is 0. The summed E-state index contributed by atoms with van der Waals surface area (Å²) in [6.45, 7) is 5.44. The van der Waals surface area contributed by atoms with E-state index in [1.807, 2.05) is 32.0 Å². The number of benzene rings is 1. The predicted octanol–water partition coefficient (Wildman–Crippen LogP) is 3.21. The lowest BCUT2D eigenvalue weighted by Crippen LogP contribution is -2.30. The average molecular weight is 423 g/mol. The zero-order chi connectivity index (χ0) is 22.0. The Labute approximate surface area is 177 Å². The number of nitrogens with zero attached hydrogens (tertiary/aromatic N) is 3. The third-order valence-corrected chi connectivity index (χ3v) is 4.56. The molecule has 0 radical (unpaired) electrons. The highest BCUT2D eigenvalue weighted by molar-refractivity contribution is 6.01.